The fraction of sp³-hybridized carbons (Fsp3) is 0.882. The molecule has 5 rings (SSSR count). The van der Waals surface area contributed by atoms with Crippen LogP contribution in [0.3, 0.4) is 0 Å². The summed E-state index contributed by atoms with van der Waals surface area (Å²) in [6.45, 7) is 1.84. The quantitative estimate of drug-likeness (QED) is 0.810. The maximum absolute atomic E-state index is 12.8. The molecule has 4 aliphatic carbocycles. The predicted molar refractivity (Wildman–Crippen MR) is 84.5 cm³/mol. The van der Waals surface area contributed by atoms with Crippen LogP contribution in [0.2, 0.25) is 0 Å². The minimum Gasteiger partial charge on any atom is -0.347 e. The van der Waals surface area contributed by atoms with Crippen LogP contribution in [0.15, 0.2) is 0 Å². The third-order valence-corrected chi connectivity index (χ3v) is 6.77. The summed E-state index contributed by atoms with van der Waals surface area (Å²) in [4.78, 5) is 26.7. The van der Waals surface area contributed by atoms with E-state index in [0.29, 0.717) is 11.8 Å². The molecular formula is C17H25ClN2O2. The lowest BCUT2D eigenvalue weighted by atomic mass is 9.49. The average Bonchev–Trinajstić information content (AvgIpc) is 2.95. The molecule has 2 amide bonds. The monoisotopic (exact) mass is 324 g/mol. The molecule has 4 saturated carbocycles. The molecule has 1 N–H and O–H groups in total. The Bertz CT molecular complexity index is 487. The van der Waals surface area contributed by atoms with E-state index < -0.39 is 0 Å². The molecule has 0 aromatic carbocycles. The van der Waals surface area contributed by atoms with Crippen LogP contribution in [0.5, 0.6) is 0 Å². The van der Waals surface area contributed by atoms with Gasteiger partial charge in [0.25, 0.3) is 0 Å². The summed E-state index contributed by atoms with van der Waals surface area (Å²) in [5.74, 6) is 1.37. The second-order valence-electron chi connectivity index (χ2n) is 8.16. The molecule has 4 nitrogen and oxygen atoms in total. The Morgan fingerprint density at radius 1 is 1.09 bits per heavy atom. The van der Waals surface area contributed by atoms with Crippen LogP contribution in [-0.2, 0) is 9.59 Å². The lowest BCUT2D eigenvalue weighted by Crippen LogP contribution is -2.59. The van der Waals surface area contributed by atoms with Gasteiger partial charge in [0, 0.05) is 18.0 Å². The number of carbonyl (C=O) groups is 2. The predicted octanol–water partition coefficient (Wildman–Crippen LogP) is 2.30. The molecule has 0 aromatic rings. The van der Waals surface area contributed by atoms with Crippen molar-refractivity contribution in [2.45, 2.75) is 56.2 Å². The number of carbonyl (C=O) groups excluding carboxylic acids is 2. The average molecular weight is 325 g/mol. The third-order valence-electron chi connectivity index (χ3n) is 6.33. The number of amides is 2. The van der Waals surface area contributed by atoms with Gasteiger partial charge in [-0.05, 0) is 63.2 Å². The highest BCUT2D eigenvalue weighted by molar-refractivity contribution is 6.24. The van der Waals surface area contributed by atoms with Gasteiger partial charge in [0.2, 0.25) is 11.8 Å². The summed E-state index contributed by atoms with van der Waals surface area (Å²) < 4.78 is 0. The van der Waals surface area contributed by atoms with Gasteiger partial charge in [0.1, 0.15) is 0 Å². The van der Waals surface area contributed by atoms with Crippen molar-refractivity contribution in [2.24, 2.45) is 17.3 Å². The molecule has 2 unspecified atom stereocenters. The number of hydrogen-bond donors (Lipinski definition) is 1. The molecule has 22 heavy (non-hydrogen) atoms. The van der Waals surface area contributed by atoms with E-state index >= 15 is 0 Å². The van der Waals surface area contributed by atoms with E-state index in [1.54, 1.807) is 0 Å². The summed E-state index contributed by atoms with van der Waals surface area (Å²) >= 11 is 6.78. The van der Waals surface area contributed by atoms with Crippen LogP contribution in [0, 0.1) is 17.3 Å². The minimum atomic E-state index is -0.295. The second-order valence-corrected chi connectivity index (χ2v) is 8.96. The molecule has 122 valence electrons. The molecule has 1 heterocycles. The topological polar surface area (TPSA) is 49.4 Å². The van der Waals surface area contributed by atoms with Gasteiger partial charge in [-0.3, -0.25) is 9.59 Å². The Morgan fingerprint density at radius 2 is 1.73 bits per heavy atom. The van der Waals surface area contributed by atoms with Crippen molar-refractivity contribution in [1.82, 2.24) is 10.2 Å². The van der Waals surface area contributed by atoms with Gasteiger partial charge in [-0.1, -0.05) is 0 Å². The van der Waals surface area contributed by atoms with Gasteiger partial charge < -0.3 is 10.2 Å². The smallest absolute Gasteiger partial charge is 0.241 e. The maximum atomic E-state index is 12.8. The van der Waals surface area contributed by atoms with E-state index in [1.165, 1.54) is 6.42 Å². The molecule has 5 fully saturated rings. The van der Waals surface area contributed by atoms with E-state index in [0.717, 1.165) is 58.0 Å². The molecule has 1 saturated heterocycles. The van der Waals surface area contributed by atoms with Gasteiger partial charge in [0.15, 0.2) is 0 Å². The molecule has 5 heteroatoms. The van der Waals surface area contributed by atoms with Crippen molar-refractivity contribution in [3.05, 3.63) is 0 Å². The molecule has 1 aliphatic heterocycles. The van der Waals surface area contributed by atoms with Gasteiger partial charge in [-0.15, -0.1) is 11.6 Å². The van der Waals surface area contributed by atoms with Crippen LogP contribution in [-0.4, -0.2) is 41.2 Å². The molecule has 0 spiro atoms. The van der Waals surface area contributed by atoms with Crippen molar-refractivity contribution >= 4 is 23.4 Å². The Balaban J connectivity index is 1.41. The van der Waals surface area contributed by atoms with Crippen LogP contribution < -0.4 is 5.32 Å². The number of rotatable bonds is 3. The first-order chi connectivity index (χ1) is 10.5. The van der Waals surface area contributed by atoms with E-state index in [1.807, 2.05) is 4.90 Å². The molecule has 5 aliphatic rings. The number of nitrogens with zero attached hydrogens (tertiary/aromatic N) is 1. The Labute approximate surface area is 136 Å². The number of hydrogen-bond acceptors (Lipinski definition) is 2. The second kappa shape index (κ2) is 5.12. The van der Waals surface area contributed by atoms with Crippen LogP contribution in [0.25, 0.3) is 0 Å². The van der Waals surface area contributed by atoms with Crippen molar-refractivity contribution in [2.75, 3.05) is 19.6 Å². The van der Waals surface area contributed by atoms with Gasteiger partial charge in [-0.2, -0.15) is 0 Å². The van der Waals surface area contributed by atoms with Gasteiger partial charge in [-0.25, -0.2) is 0 Å². The number of halogens is 1. The largest absolute Gasteiger partial charge is 0.347 e. The van der Waals surface area contributed by atoms with Crippen LogP contribution >= 0.6 is 11.6 Å². The third kappa shape index (κ3) is 2.44. The van der Waals surface area contributed by atoms with Gasteiger partial charge >= 0.3 is 0 Å². The summed E-state index contributed by atoms with van der Waals surface area (Å²) in [6.07, 6.45) is 8.32. The van der Waals surface area contributed by atoms with E-state index in [2.05, 4.69) is 5.32 Å². The standard InChI is InChI=1S/C17H25ClN2O2/c18-17-8-12-5-13(9-17)7-16(6-12,11-17)15(22)19-10-14(21)20-3-1-2-4-20/h12-13H,1-11H2,(H,19,22)/t12-,13+,16?,17?. The first-order valence-electron chi connectivity index (χ1n) is 8.73. The molecule has 0 radical (unpaired) electrons. The zero-order chi connectivity index (χ0) is 15.4. The van der Waals surface area contributed by atoms with E-state index in [-0.39, 0.29) is 28.6 Å². The van der Waals surface area contributed by atoms with Crippen molar-refractivity contribution < 1.29 is 9.59 Å². The lowest BCUT2D eigenvalue weighted by molar-refractivity contribution is -0.146. The SMILES string of the molecule is O=C(CNC(=O)C12C[C@@H]3C[C@@H](CC(Cl)(C3)C1)C2)N1CCCC1. The van der Waals surface area contributed by atoms with Crippen LogP contribution in [0.4, 0.5) is 0 Å². The first-order valence-corrected chi connectivity index (χ1v) is 9.11. The highest BCUT2D eigenvalue weighted by atomic mass is 35.5. The number of nitrogens with one attached hydrogen (secondary N) is 1. The van der Waals surface area contributed by atoms with Gasteiger partial charge in [0.05, 0.1) is 12.0 Å². The summed E-state index contributed by atoms with van der Waals surface area (Å²) in [7, 11) is 0. The normalized spacial score (nSPS) is 42.7. The van der Waals surface area contributed by atoms with Crippen molar-refractivity contribution in [3.63, 3.8) is 0 Å². The zero-order valence-corrected chi connectivity index (χ0v) is 13.8. The number of alkyl halides is 1. The van der Waals surface area contributed by atoms with E-state index in [9.17, 15) is 9.59 Å². The fourth-order valence-corrected chi connectivity index (χ4v) is 6.53. The van der Waals surface area contributed by atoms with E-state index in [4.69, 9.17) is 11.6 Å². The number of likely N-dealkylation sites (tertiary alicyclic amines) is 1. The Morgan fingerprint density at radius 3 is 2.32 bits per heavy atom. The summed E-state index contributed by atoms with van der Waals surface area (Å²) in [5, 5.41) is 2.94. The molecular weight excluding hydrogens is 300 g/mol. The first kappa shape index (κ1) is 14.8. The van der Waals surface area contributed by atoms with Crippen molar-refractivity contribution in [1.29, 1.82) is 0 Å². The maximum Gasteiger partial charge on any atom is 0.241 e. The molecule has 4 bridgehead atoms. The Kier molecular flexibility index (Phi) is 3.44. The fourth-order valence-electron chi connectivity index (χ4n) is 5.84. The minimum absolute atomic E-state index is 0.0659. The zero-order valence-electron chi connectivity index (χ0n) is 13.1. The summed E-state index contributed by atoms with van der Waals surface area (Å²) in [5.41, 5.74) is -0.295. The lowest BCUT2D eigenvalue weighted by Gasteiger charge is -2.59. The van der Waals surface area contributed by atoms with Crippen molar-refractivity contribution in [3.8, 4) is 0 Å². The molecule has 0 aromatic heterocycles. The van der Waals surface area contributed by atoms with Crippen LogP contribution in [0.1, 0.15) is 51.4 Å². The highest BCUT2D eigenvalue weighted by Gasteiger charge is 2.60. The molecule has 4 atom stereocenters. The Hall–Kier alpha value is -0.770. The summed E-state index contributed by atoms with van der Waals surface area (Å²) in [6, 6.07) is 0. The highest BCUT2D eigenvalue weighted by Crippen LogP contribution is 2.63.